The van der Waals surface area contributed by atoms with E-state index in [1.807, 2.05) is 12.1 Å². The van der Waals surface area contributed by atoms with Crippen molar-refractivity contribution in [3.8, 4) is 0 Å². The van der Waals surface area contributed by atoms with Crippen LogP contribution in [0.4, 0.5) is 5.69 Å². The largest absolute Gasteiger partial charge is 0.382 e. The maximum atomic E-state index is 11.8. The smallest absolute Gasteiger partial charge is 0.272 e. The van der Waals surface area contributed by atoms with Crippen LogP contribution in [-0.4, -0.2) is 35.9 Å². The summed E-state index contributed by atoms with van der Waals surface area (Å²) in [6, 6.07) is 4.11. The summed E-state index contributed by atoms with van der Waals surface area (Å²) in [7, 11) is 3.46. The topological polar surface area (TPSA) is 45.2 Å². The van der Waals surface area contributed by atoms with Crippen LogP contribution in [-0.2, 0) is 0 Å². The average Bonchev–Trinajstić information content (AvgIpc) is 2.35. The highest BCUT2D eigenvalue weighted by Crippen LogP contribution is 2.14. The molecule has 106 valence electrons. The number of amides is 1. The molecule has 0 spiro atoms. The van der Waals surface area contributed by atoms with Gasteiger partial charge in [-0.25, -0.2) is 0 Å². The van der Waals surface area contributed by atoms with Crippen molar-refractivity contribution >= 4 is 11.6 Å². The van der Waals surface area contributed by atoms with Crippen molar-refractivity contribution in [1.82, 2.24) is 9.88 Å². The third kappa shape index (κ3) is 5.28. The number of carbonyl (C=O) groups excluding carboxylic acids is 1. The molecule has 1 amide bonds. The molecular weight excluding hydrogens is 238 g/mol. The second-order valence-corrected chi connectivity index (χ2v) is 5.65. The lowest BCUT2D eigenvalue weighted by atomic mass is 10.0. The molecule has 0 radical (unpaired) electrons. The lowest BCUT2D eigenvalue weighted by molar-refractivity contribution is 0.0822. The minimum Gasteiger partial charge on any atom is -0.382 e. The van der Waals surface area contributed by atoms with Crippen LogP contribution >= 0.6 is 0 Å². The Balaban J connectivity index is 2.64. The molecule has 1 aromatic heterocycles. The minimum absolute atomic E-state index is 0.0708. The van der Waals surface area contributed by atoms with E-state index in [0.717, 1.165) is 12.1 Å². The van der Waals surface area contributed by atoms with Crippen LogP contribution in [0.25, 0.3) is 0 Å². The maximum absolute atomic E-state index is 11.8. The number of hydrogen-bond acceptors (Lipinski definition) is 3. The van der Waals surface area contributed by atoms with Gasteiger partial charge in [-0.3, -0.25) is 9.78 Å². The summed E-state index contributed by atoms with van der Waals surface area (Å²) in [6.45, 7) is 6.62. The Bertz CT molecular complexity index is 416. The Hall–Kier alpha value is -1.58. The van der Waals surface area contributed by atoms with E-state index < -0.39 is 0 Å². The van der Waals surface area contributed by atoms with E-state index in [1.54, 1.807) is 20.3 Å². The first-order valence-electron chi connectivity index (χ1n) is 6.84. The van der Waals surface area contributed by atoms with E-state index in [1.165, 1.54) is 11.3 Å². The Kier molecular flexibility index (Phi) is 5.80. The van der Waals surface area contributed by atoms with Crippen LogP contribution in [0.1, 0.15) is 44.1 Å². The Morgan fingerprint density at radius 1 is 1.32 bits per heavy atom. The van der Waals surface area contributed by atoms with E-state index in [0.29, 0.717) is 17.7 Å². The molecule has 0 aliphatic rings. The molecule has 1 N–H and O–H groups in total. The maximum Gasteiger partial charge on any atom is 0.272 e. The summed E-state index contributed by atoms with van der Waals surface area (Å²) >= 11 is 0. The monoisotopic (exact) mass is 263 g/mol. The molecule has 1 heterocycles. The van der Waals surface area contributed by atoms with E-state index in [9.17, 15) is 4.79 Å². The van der Waals surface area contributed by atoms with Crippen LogP contribution in [0, 0.1) is 5.92 Å². The first-order chi connectivity index (χ1) is 8.90. The van der Waals surface area contributed by atoms with Gasteiger partial charge in [-0.15, -0.1) is 0 Å². The molecule has 19 heavy (non-hydrogen) atoms. The first kappa shape index (κ1) is 15.5. The van der Waals surface area contributed by atoms with Crippen LogP contribution in [0.15, 0.2) is 18.3 Å². The summed E-state index contributed by atoms with van der Waals surface area (Å²) in [4.78, 5) is 17.5. The Morgan fingerprint density at radius 2 is 2.00 bits per heavy atom. The molecule has 0 aliphatic heterocycles. The zero-order valence-corrected chi connectivity index (χ0v) is 12.6. The van der Waals surface area contributed by atoms with Gasteiger partial charge in [0.05, 0.1) is 0 Å². The van der Waals surface area contributed by atoms with Crippen LogP contribution in [0.2, 0.25) is 0 Å². The first-order valence-corrected chi connectivity index (χ1v) is 6.84. The quantitative estimate of drug-likeness (QED) is 0.858. The molecule has 0 saturated heterocycles. The van der Waals surface area contributed by atoms with E-state index in [2.05, 4.69) is 31.1 Å². The van der Waals surface area contributed by atoms with E-state index >= 15 is 0 Å². The van der Waals surface area contributed by atoms with Crippen molar-refractivity contribution in [2.75, 3.05) is 19.4 Å². The molecule has 1 rings (SSSR count). The number of pyridine rings is 1. The normalized spacial score (nSPS) is 12.3. The van der Waals surface area contributed by atoms with Gasteiger partial charge in [0.25, 0.3) is 5.91 Å². The molecule has 1 unspecified atom stereocenters. The summed E-state index contributed by atoms with van der Waals surface area (Å²) in [5.41, 5.74) is 1.43. The predicted molar refractivity (Wildman–Crippen MR) is 79.4 cm³/mol. The van der Waals surface area contributed by atoms with Gasteiger partial charge in [0.15, 0.2) is 0 Å². The number of nitrogens with one attached hydrogen (secondary N) is 1. The molecule has 4 nitrogen and oxygen atoms in total. The average molecular weight is 263 g/mol. The summed E-state index contributed by atoms with van der Waals surface area (Å²) in [6.07, 6.45) is 3.99. The van der Waals surface area contributed by atoms with Crippen LogP contribution in [0.5, 0.6) is 0 Å². The highest BCUT2D eigenvalue weighted by Gasteiger charge is 2.11. The van der Waals surface area contributed by atoms with Crippen LogP contribution < -0.4 is 5.32 Å². The van der Waals surface area contributed by atoms with Gasteiger partial charge < -0.3 is 10.2 Å². The van der Waals surface area contributed by atoms with Gasteiger partial charge in [-0.2, -0.15) is 0 Å². The highest BCUT2D eigenvalue weighted by molar-refractivity contribution is 5.92. The van der Waals surface area contributed by atoms with Crippen LogP contribution in [0.3, 0.4) is 0 Å². The van der Waals surface area contributed by atoms with Crippen molar-refractivity contribution < 1.29 is 4.79 Å². The summed E-state index contributed by atoms with van der Waals surface area (Å²) < 4.78 is 0. The second-order valence-electron chi connectivity index (χ2n) is 5.65. The number of hydrogen-bond donors (Lipinski definition) is 1. The standard InChI is InChI=1S/C15H25N3O/c1-11(2)6-7-12(3)17-13-8-9-16-14(10-13)15(19)18(4)5/h8-12H,6-7H2,1-5H3,(H,16,17). The van der Waals surface area contributed by atoms with Gasteiger partial charge in [0.2, 0.25) is 0 Å². The number of anilines is 1. The molecule has 0 aliphatic carbocycles. The zero-order valence-electron chi connectivity index (χ0n) is 12.6. The molecule has 0 fully saturated rings. The SMILES string of the molecule is CC(C)CCC(C)Nc1ccnc(C(=O)N(C)C)c1. The molecule has 0 saturated carbocycles. The van der Waals surface area contributed by atoms with Crippen molar-refractivity contribution in [3.63, 3.8) is 0 Å². The van der Waals surface area contributed by atoms with Gasteiger partial charge in [-0.1, -0.05) is 13.8 Å². The van der Waals surface area contributed by atoms with Gasteiger partial charge in [0.1, 0.15) is 5.69 Å². The summed E-state index contributed by atoms with van der Waals surface area (Å²) in [5, 5.41) is 3.42. The molecule has 0 bridgehead atoms. The molecule has 0 aromatic carbocycles. The lowest BCUT2D eigenvalue weighted by Gasteiger charge is -2.17. The van der Waals surface area contributed by atoms with E-state index in [-0.39, 0.29) is 5.91 Å². The molecular formula is C15H25N3O. The number of nitrogens with zero attached hydrogens (tertiary/aromatic N) is 2. The predicted octanol–water partition coefficient (Wildman–Crippen LogP) is 3.02. The lowest BCUT2D eigenvalue weighted by Crippen LogP contribution is -2.23. The minimum atomic E-state index is -0.0708. The molecule has 1 atom stereocenters. The van der Waals surface area contributed by atoms with E-state index in [4.69, 9.17) is 0 Å². The highest BCUT2D eigenvalue weighted by atomic mass is 16.2. The fourth-order valence-electron chi connectivity index (χ4n) is 1.81. The molecule has 1 aromatic rings. The number of aromatic nitrogens is 1. The van der Waals surface area contributed by atoms with Crippen molar-refractivity contribution in [2.45, 2.75) is 39.7 Å². The Labute approximate surface area is 116 Å². The van der Waals surface area contributed by atoms with Gasteiger partial charge >= 0.3 is 0 Å². The Morgan fingerprint density at radius 3 is 2.58 bits per heavy atom. The zero-order chi connectivity index (χ0) is 14.4. The van der Waals surface area contributed by atoms with Crippen molar-refractivity contribution in [1.29, 1.82) is 0 Å². The second kappa shape index (κ2) is 7.12. The number of rotatable bonds is 6. The third-order valence-electron chi connectivity index (χ3n) is 2.98. The van der Waals surface area contributed by atoms with Crippen molar-refractivity contribution in [3.05, 3.63) is 24.0 Å². The van der Waals surface area contributed by atoms with Gasteiger partial charge in [-0.05, 0) is 37.8 Å². The fraction of sp³-hybridized carbons (Fsp3) is 0.600. The molecule has 4 heteroatoms. The third-order valence-corrected chi connectivity index (χ3v) is 2.98. The van der Waals surface area contributed by atoms with Gasteiger partial charge in [0, 0.05) is 32.0 Å². The number of carbonyl (C=O) groups is 1. The van der Waals surface area contributed by atoms with Crippen molar-refractivity contribution in [2.24, 2.45) is 5.92 Å². The summed E-state index contributed by atoms with van der Waals surface area (Å²) in [5.74, 6) is 0.644. The fourth-order valence-corrected chi connectivity index (χ4v) is 1.81.